The molecule has 1 aromatic carbocycles. The van der Waals surface area contributed by atoms with Gasteiger partial charge in [0.05, 0.1) is 45.8 Å². The van der Waals surface area contributed by atoms with Crippen LogP contribution in [-0.2, 0) is 19.4 Å². The standard InChI is InChI=1S/C23H25ClF2N4O4S/c1-22(5-6-22)28-20(31)16-10-15(11-17(16)21(32)29-12-23(25,26)13-29)35(33,34)19-4-3-14(9-18(19)24)30-8-2-7-27-30/h2-4,7-9,15-17H,5-6,10-13H2,1H3,(H,28,31). The summed E-state index contributed by atoms with van der Waals surface area (Å²) < 4.78 is 55.5. The molecule has 3 atom stereocenters. The Morgan fingerprint density at radius 1 is 1.17 bits per heavy atom. The summed E-state index contributed by atoms with van der Waals surface area (Å²) >= 11 is 6.36. The summed E-state index contributed by atoms with van der Waals surface area (Å²) in [6.07, 6.45) is 4.65. The van der Waals surface area contributed by atoms with E-state index >= 15 is 0 Å². The van der Waals surface area contributed by atoms with Crippen molar-refractivity contribution in [2.24, 2.45) is 11.8 Å². The van der Waals surface area contributed by atoms with E-state index in [0.29, 0.717) is 5.69 Å². The normalized spacial score (nSPS) is 26.7. The maximum Gasteiger partial charge on any atom is 0.282 e. The fraction of sp³-hybridized carbons (Fsp3) is 0.522. The Kier molecular flexibility index (Phi) is 5.71. The molecule has 5 rings (SSSR count). The molecule has 2 amide bonds. The lowest BCUT2D eigenvalue weighted by molar-refractivity contribution is -0.171. The van der Waals surface area contributed by atoms with Crippen molar-refractivity contribution in [1.29, 1.82) is 0 Å². The summed E-state index contributed by atoms with van der Waals surface area (Å²) in [6.45, 7) is 0.445. The van der Waals surface area contributed by atoms with Crippen molar-refractivity contribution in [3.63, 3.8) is 0 Å². The minimum Gasteiger partial charge on any atom is -0.351 e. The second kappa shape index (κ2) is 8.26. The van der Waals surface area contributed by atoms with Gasteiger partial charge in [-0.2, -0.15) is 5.10 Å². The number of nitrogens with zero attached hydrogens (tertiary/aromatic N) is 3. The van der Waals surface area contributed by atoms with Gasteiger partial charge in [0.15, 0.2) is 9.84 Å². The summed E-state index contributed by atoms with van der Waals surface area (Å²) in [4.78, 5) is 27.0. The van der Waals surface area contributed by atoms with E-state index in [2.05, 4.69) is 10.4 Å². The highest BCUT2D eigenvalue weighted by atomic mass is 35.5. The van der Waals surface area contributed by atoms with Crippen molar-refractivity contribution in [2.45, 2.75) is 54.2 Å². The van der Waals surface area contributed by atoms with Crippen LogP contribution in [0.2, 0.25) is 5.02 Å². The Balaban J connectivity index is 1.41. The van der Waals surface area contributed by atoms with Crippen LogP contribution >= 0.6 is 11.6 Å². The van der Waals surface area contributed by atoms with Crippen LogP contribution in [0.1, 0.15) is 32.6 Å². The molecule has 3 aliphatic rings. The molecule has 1 saturated heterocycles. The van der Waals surface area contributed by atoms with Gasteiger partial charge in [-0.3, -0.25) is 9.59 Å². The van der Waals surface area contributed by atoms with E-state index < -0.39 is 57.7 Å². The summed E-state index contributed by atoms with van der Waals surface area (Å²) in [5, 5.41) is 5.96. The number of alkyl halides is 2. The first kappa shape index (κ1) is 24.2. The molecule has 0 radical (unpaired) electrons. The molecule has 12 heteroatoms. The van der Waals surface area contributed by atoms with Crippen molar-refractivity contribution in [1.82, 2.24) is 20.0 Å². The van der Waals surface area contributed by atoms with Gasteiger partial charge < -0.3 is 10.2 Å². The highest BCUT2D eigenvalue weighted by Crippen LogP contribution is 2.43. The van der Waals surface area contributed by atoms with Gasteiger partial charge in [0.1, 0.15) is 0 Å². The van der Waals surface area contributed by atoms with E-state index in [-0.39, 0.29) is 28.3 Å². The molecule has 1 N–H and O–H groups in total. The third-order valence-corrected chi connectivity index (χ3v) is 9.84. The van der Waals surface area contributed by atoms with Gasteiger partial charge >= 0.3 is 0 Å². The maximum atomic E-state index is 13.6. The number of nitrogens with one attached hydrogen (secondary N) is 1. The average Bonchev–Trinajstić information content (AvgIpc) is 3.19. The molecule has 2 aromatic rings. The van der Waals surface area contributed by atoms with Crippen molar-refractivity contribution < 1.29 is 26.8 Å². The van der Waals surface area contributed by atoms with Gasteiger partial charge in [-0.05, 0) is 56.9 Å². The van der Waals surface area contributed by atoms with E-state index in [9.17, 15) is 26.8 Å². The molecule has 0 bridgehead atoms. The number of aromatic nitrogens is 2. The maximum absolute atomic E-state index is 13.6. The number of hydrogen-bond donors (Lipinski definition) is 1. The van der Waals surface area contributed by atoms with E-state index in [0.717, 1.165) is 17.7 Å². The quantitative estimate of drug-likeness (QED) is 0.624. The first-order valence-electron chi connectivity index (χ1n) is 11.4. The molecule has 3 fully saturated rings. The van der Waals surface area contributed by atoms with E-state index in [1.807, 2.05) is 6.92 Å². The Labute approximate surface area is 206 Å². The van der Waals surface area contributed by atoms with Crippen molar-refractivity contribution in [2.75, 3.05) is 13.1 Å². The van der Waals surface area contributed by atoms with Crippen LogP contribution < -0.4 is 5.32 Å². The number of hydrogen-bond acceptors (Lipinski definition) is 5. The topological polar surface area (TPSA) is 101 Å². The van der Waals surface area contributed by atoms with Crippen LogP contribution in [0.4, 0.5) is 8.78 Å². The summed E-state index contributed by atoms with van der Waals surface area (Å²) in [5.74, 6) is -5.88. The van der Waals surface area contributed by atoms with Gasteiger partial charge in [-0.25, -0.2) is 21.9 Å². The summed E-state index contributed by atoms with van der Waals surface area (Å²) in [6, 6.07) is 6.17. The van der Waals surface area contributed by atoms with E-state index in [1.165, 1.54) is 16.8 Å². The van der Waals surface area contributed by atoms with Gasteiger partial charge in [0, 0.05) is 17.9 Å². The fourth-order valence-corrected chi connectivity index (χ4v) is 7.24. The van der Waals surface area contributed by atoms with Crippen LogP contribution in [0, 0.1) is 11.8 Å². The van der Waals surface area contributed by atoms with Crippen LogP contribution in [-0.4, -0.2) is 64.7 Å². The zero-order valence-corrected chi connectivity index (χ0v) is 20.5. The van der Waals surface area contributed by atoms with Crippen molar-refractivity contribution in [3.8, 4) is 5.69 Å². The number of likely N-dealkylation sites (tertiary alicyclic amines) is 1. The average molecular weight is 527 g/mol. The van der Waals surface area contributed by atoms with E-state index in [4.69, 9.17) is 11.6 Å². The summed E-state index contributed by atoms with van der Waals surface area (Å²) in [5.41, 5.74) is 0.212. The Morgan fingerprint density at radius 2 is 1.86 bits per heavy atom. The molecule has 8 nitrogen and oxygen atoms in total. The van der Waals surface area contributed by atoms with Crippen LogP contribution in [0.15, 0.2) is 41.6 Å². The SMILES string of the molecule is CC1(NC(=O)C2CC(S(=O)(=O)c3ccc(-n4cccn4)cc3Cl)CC2C(=O)N2CC(F)(F)C2)CC1. The van der Waals surface area contributed by atoms with Crippen LogP contribution in [0.3, 0.4) is 0 Å². The fourth-order valence-electron chi connectivity index (χ4n) is 4.88. The predicted octanol–water partition coefficient (Wildman–Crippen LogP) is 2.84. The van der Waals surface area contributed by atoms with E-state index in [1.54, 1.807) is 24.5 Å². The lowest BCUT2D eigenvalue weighted by Gasteiger charge is -2.40. The molecule has 1 aromatic heterocycles. The second-order valence-electron chi connectivity index (χ2n) is 10.0. The molecule has 2 heterocycles. The first-order valence-corrected chi connectivity index (χ1v) is 13.3. The number of amides is 2. The molecule has 0 spiro atoms. The highest BCUT2D eigenvalue weighted by molar-refractivity contribution is 7.92. The van der Waals surface area contributed by atoms with Crippen molar-refractivity contribution >= 4 is 33.3 Å². The molecule has 2 saturated carbocycles. The zero-order valence-electron chi connectivity index (χ0n) is 19.0. The monoisotopic (exact) mass is 526 g/mol. The van der Waals surface area contributed by atoms with Gasteiger partial charge in [-0.15, -0.1) is 0 Å². The minimum atomic E-state index is -4.01. The lowest BCUT2D eigenvalue weighted by atomic mass is 9.92. The second-order valence-corrected chi connectivity index (χ2v) is 12.6. The molecule has 35 heavy (non-hydrogen) atoms. The smallest absolute Gasteiger partial charge is 0.282 e. The zero-order chi connectivity index (χ0) is 25.2. The Bertz CT molecular complexity index is 1270. The highest BCUT2D eigenvalue weighted by Gasteiger charge is 2.54. The lowest BCUT2D eigenvalue weighted by Crippen LogP contribution is -2.60. The number of rotatable bonds is 6. The van der Waals surface area contributed by atoms with Crippen molar-refractivity contribution in [3.05, 3.63) is 41.7 Å². The van der Waals surface area contributed by atoms with Gasteiger partial charge in [0.2, 0.25) is 11.8 Å². The number of benzene rings is 1. The molecular weight excluding hydrogens is 502 g/mol. The number of carbonyl (C=O) groups excluding carboxylic acids is 2. The molecule has 2 aliphatic carbocycles. The van der Waals surface area contributed by atoms with Gasteiger partial charge in [-0.1, -0.05) is 11.6 Å². The van der Waals surface area contributed by atoms with Gasteiger partial charge in [0.25, 0.3) is 5.92 Å². The first-order chi connectivity index (χ1) is 16.4. The van der Waals surface area contributed by atoms with Crippen LogP contribution in [0.25, 0.3) is 5.69 Å². The van der Waals surface area contributed by atoms with Crippen LogP contribution in [0.5, 0.6) is 0 Å². The number of halogens is 3. The Hall–Kier alpha value is -2.53. The molecule has 1 aliphatic heterocycles. The largest absolute Gasteiger partial charge is 0.351 e. The third-order valence-electron chi connectivity index (χ3n) is 7.18. The number of carbonyl (C=O) groups is 2. The number of sulfone groups is 1. The summed E-state index contributed by atoms with van der Waals surface area (Å²) in [7, 11) is -4.01. The third kappa shape index (κ3) is 4.55. The molecule has 188 valence electrons. The molecular formula is C23H25ClF2N4O4S. The predicted molar refractivity (Wildman–Crippen MR) is 123 cm³/mol. The molecule has 3 unspecified atom stereocenters. The minimum absolute atomic E-state index is 0.00153. The Morgan fingerprint density at radius 3 is 2.43 bits per heavy atom.